The Morgan fingerprint density at radius 2 is 2.25 bits per heavy atom. The van der Waals surface area contributed by atoms with E-state index in [0.717, 1.165) is 30.2 Å². The maximum Gasteiger partial charge on any atom is 0.235 e. The zero-order chi connectivity index (χ0) is 11.4. The number of aliphatic imine (C=N–C) groups is 1. The Labute approximate surface area is 93.9 Å². The Hall–Kier alpha value is -2.04. The summed E-state index contributed by atoms with van der Waals surface area (Å²) >= 11 is 0. The second kappa shape index (κ2) is 4.65. The molecule has 0 spiro atoms. The molecule has 3 N–H and O–H groups in total. The summed E-state index contributed by atoms with van der Waals surface area (Å²) in [6.45, 7) is 2.25. The van der Waals surface area contributed by atoms with E-state index in [9.17, 15) is 4.79 Å². The molecule has 0 radical (unpaired) electrons. The minimum atomic E-state index is -0.131. The van der Waals surface area contributed by atoms with Crippen molar-refractivity contribution in [2.45, 2.75) is 13.3 Å². The summed E-state index contributed by atoms with van der Waals surface area (Å²) in [7, 11) is 0. The van der Waals surface area contributed by atoms with E-state index >= 15 is 0 Å². The van der Waals surface area contributed by atoms with E-state index < -0.39 is 0 Å². The van der Waals surface area contributed by atoms with E-state index in [0.29, 0.717) is 0 Å². The number of para-hydroxylation sites is 2. The summed E-state index contributed by atoms with van der Waals surface area (Å²) in [6, 6.07) is 7.82. The SMILES string of the molecule is CC(=O)NNC1=Nc2ccccc2NCC1. The molecule has 0 saturated heterocycles. The van der Waals surface area contributed by atoms with Crippen LogP contribution in [0.15, 0.2) is 29.3 Å². The highest BCUT2D eigenvalue weighted by Gasteiger charge is 2.08. The van der Waals surface area contributed by atoms with Crippen molar-refractivity contribution in [2.75, 3.05) is 11.9 Å². The van der Waals surface area contributed by atoms with Crippen LogP contribution >= 0.6 is 0 Å². The molecular weight excluding hydrogens is 204 g/mol. The van der Waals surface area contributed by atoms with Crippen molar-refractivity contribution in [3.63, 3.8) is 0 Å². The van der Waals surface area contributed by atoms with Gasteiger partial charge in [-0.15, -0.1) is 0 Å². The molecule has 0 aromatic heterocycles. The number of amides is 1. The number of fused-ring (bicyclic) bond motifs is 1. The van der Waals surface area contributed by atoms with Crippen LogP contribution in [0.3, 0.4) is 0 Å². The molecule has 0 aliphatic carbocycles. The van der Waals surface area contributed by atoms with Gasteiger partial charge in [0.25, 0.3) is 0 Å². The zero-order valence-electron chi connectivity index (χ0n) is 9.08. The molecule has 0 saturated carbocycles. The number of rotatable bonds is 0. The monoisotopic (exact) mass is 218 g/mol. The number of amidine groups is 1. The van der Waals surface area contributed by atoms with E-state index in [2.05, 4.69) is 21.2 Å². The Morgan fingerprint density at radius 3 is 3.06 bits per heavy atom. The molecule has 0 bridgehead atoms. The minimum absolute atomic E-state index is 0.131. The van der Waals surface area contributed by atoms with Crippen LogP contribution in [0, 0.1) is 0 Å². The van der Waals surface area contributed by atoms with Crippen molar-refractivity contribution >= 4 is 23.1 Å². The number of carbonyl (C=O) groups excluding carboxylic acids is 1. The van der Waals surface area contributed by atoms with Crippen LogP contribution in [-0.4, -0.2) is 18.3 Å². The van der Waals surface area contributed by atoms with Crippen LogP contribution < -0.4 is 16.2 Å². The standard InChI is InChI=1S/C11H14N4O/c1-8(16)14-15-11-6-7-12-9-4-2-3-5-10(9)13-11/h2-5,12H,6-7H2,1H3,(H,13,15)(H,14,16). The Bertz CT molecular complexity index is 428. The molecule has 0 atom stereocenters. The Morgan fingerprint density at radius 1 is 1.44 bits per heavy atom. The van der Waals surface area contributed by atoms with Crippen LogP contribution in [0.5, 0.6) is 0 Å². The van der Waals surface area contributed by atoms with Gasteiger partial charge in [-0.2, -0.15) is 0 Å². The maximum atomic E-state index is 10.8. The molecule has 5 heteroatoms. The molecule has 0 fully saturated rings. The first-order chi connectivity index (χ1) is 7.75. The quantitative estimate of drug-likeness (QED) is 0.573. The van der Waals surface area contributed by atoms with Gasteiger partial charge in [-0.25, -0.2) is 4.99 Å². The highest BCUT2D eigenvalue weighted by molar-refractivity contribution is 5.90. The van der Waals surface area contributed by atoms with Crippen LogP contribution in [-0.2, 0) is 4.79 Å². The predicted octanol–water partition coefficient (Wildman–Crippen LogP) is 1.17. The van der Waals surface area contributed by atoms with Crippen LogP contribution in [0.4, 0.5) is 11.4 Å². The van der Waals surface area contributed by atoms with Gasteiger partial charge < -0.3 is 5.32 Å². The summed E-state index contributed by atoms with van der Waals surface area (Å²) in [4.78, 5) is 15.2. The number of carbonyl (C=O) groups is 1. The summed E-state index contributed by atoms with van der Waals surface area (Å²) in [5, 5.41) is 3.28. The van der Waals surface area contributed by atoms with Gasteiger partial charge >= 0.3 is 0 Å². The summed E-state index contributed by atoms with van der Waals surface area (Å²) < 4.78 is 0. The van der Waals surface area contributed by atoms with Gasteiger partial charge in [0, 0.05) is 19.9 Å². The number of hydrazine groups is 1. The van der Waals surface area contributed by atoms with Gasteiger partial charge in [-0.3, -0.25) is 15.6 Å². The normalized spacial score (nSPS) is 13.9. The lowest BCUT2D eigenvalue weighted by Crippen LogP contribution is -2.40. The number of nitrogens with zero attached hydrogens (tertiary/aromatic N) is 1. The fourth-order valence-electron chi connectivity index (χ4n) is 1.49. The Balaban J connectivity index is 2.16. The fourth-order valence-corrected chi connectivity index (χ4v) is 1.49. The Kier molecular flexibility index (Phi) is 3.05. The maximum absolute atomic E-state index is 10.8. The lowest BCUT2D eigenvalue weighted by molar-refractivity contribution is -0.119. The van der Waals surface area contributed by atoms with Crippen molar-refractivity contribution < 1.29 is 4.79 Å². The topological polar surface area (TPSA) is 65.5 Å². The molecule has 1 aliphatic rings. The van der Waals surface area contributed by atoms with Crippen molar-refractivity contribution in [3.05, 3.63) is 24.3 Å². The minimum Gasteiger partial charge on any atom is -0.383 e. The van der Waals surface area contributed by atoms with Crippen molar-refractivity contribution in [1.82, 2.24) is 10.9 Å². The molecule has 2 rings (SSSR count). The largest absolute Gasteiger partial charge is 0.383 e. The number of hydrogen-bond acceptors (Lipinski definition) is 4. The first-order valence-electron chi connectivity index (χ1n) is 5.19. The van der Waals surface area contributed by atoms with Crippen LogP contribution in [0.25, 0.3) is 0 Å². The number of benzene rings is 1. The molecule has 1 heterocycles. The van der Waals surface area contributed by atoms with Crippen molar-refractivity contribution in [1.29, 1.82) is 0 Å². The predicted molar refractivity (Wildman–Crippen MR) is 63.6 cm³/mol. The smallest absolute Gasteiger partial charge is 0.235 e. The molecule has 1 aromatic rings. The number of anilines is 1. The average molecular weight is 218 g/mol. The van der Waals surface area contributed by atoms with Crippen molar-refractivity contribution in [2.24, 2.45) is 4.99 Å². The zero-order valence-corrected chi connectivity index (χ0v) is 9.08. The average Bonchev–Trinajstić information content (AvgIpc) is 2.47. The van der Waals surface area contributed by atoms with Gasteiger partial charge in [0.15, 0.2) is 0 Å². The first-order valence-corrected chi connectivity index (χ1v) is 5.19. The number of nitrogens with one attached hydrogen (secondary N) is 3. The summed E-state index contributed by atoms with van der Waals surface area (Å²) in [6.07, 6.45) is 0.745. The van der Waals surface area contributed by atoms with E-state index in [-0.39, 0.29) is 5.91 Å². The molecule has 1 aliphatic heterocycles. The highest BCUT2D eigenvalue weighted by atomic mass is 16.2. The molecule has 1 amide bonds. The van der Waals surface area contributed by atoms with Gasteiger partial charge in [-0.1, -0.05) is 12.1 Å². The molecular formula is C11H14N4O. The van der Waals surface area contributed by atoms with Gasteiger partial charge in [0.1, 0.15) is 5.84 Å². The van der Waals surface area contributed by atoms with E-state index in [1.807, 2.05) is 24.3 Å². The third-order valence-corrected chi connectivity index (χ3v) is 2.22. The molecule has 0 unspecified atom stereocenters. The van der Waals surface area contributed by atoms with E-state index in [4.69, 9.17) is 0 Å². The molecule has 16 heavy (non-hydrogen) atoms. The van der Waals surface area contributed by atoms with Crippen LogP contribution in [0.1, 0.15) is 13.3 Å². The van der Waals surface area contributed by atoms with E-state index in [1.54, 1.807) is 0 Å². The highest BCUT2D eigenvalue weighted by Crippen LogP contribution is 2.25. The lowest BCUT2D eigenvalue weighted by atomic mass is 10.3. The van der Waals surface area contributed by atoms with Crippen LogP contribution in [0.2, 0.25) is 0 Å². The van der Waals surface area contributed by atoms with Gasteiger partial charge in [-0.05, 0) is 12.1 Å². The van der Waals surface area contributed by atoms with Gasteiger partial charge in [0.2, 0.25) is 5.91 Å². The molecule has 1 aromatic carbocycles. The number of hydrogen-bond donors (Lipinski definition) is 3. The second-order valence-electron chi connectivity index (χ2n) is 3.56. The molecule has 84 valence electrons. The first kappa shape index (κ1) is 10.5. The summed E-state index contributed by atoms with van der Waals surface area (Å²) in [5.41, 5.74) is 7.24. The lowest BCUT2D eigenvalue weighted by Gasteiger charge is -2.07. The fraction of sp³-hybridized carbons (Fsp3) is 0.273. The van der Waals surface area contributed by atoms with E-state index in [1.165, 1.54) is 6.92 Å². The third-order valence-electron chi connectivity index (χ3n) is 2.22. The molecule has 5 nitrogen and oxygen atoms in total. The van der Waals surface area contributed by atoms with Crippen molar-refractivity contribution in [3.8, 4) is 0 Å². The second-order valence-corrected chi connectivity index (χ2v) is 3.56. The third kappa shape index (κ3) is 2.50. The van der Waals surface area contributed by atoms with Gasteiger partial charge in [0.05, 0.1) is 11.4 Å². The summed E-state index contributed by atoms with van der Waals surface area (Å²) in [5.74, 6) is 0.626.